The minimum absolute atomic E-state index is 0.612. The van der Waals surface area contributed by atoms with Crippen LogP contribution in [0.3, 0.4) is 0 Å². The summed E-state index contributed by atoms with van der Waals surface area (Å²) in [6, 6.07) is 10.9. The number of nitrogens with zero attached hydrogens (tertiary/aromatic N) is 2. The van der Waals surface area contributed by atoms with Crippen LogP contribution in [0.4, 0.5) is 11.6 Å². The van der Waals surface area contributed by atoms with Crippen molar-refractivity contribution >= 4 is 11.6 Å². The van der Waals surface area contributed by atoms with Crippen molar-refractivity contribution in [2.75, 3.05) is 5.32 Å². The lowest BCUT2D eigenvalue weighted by atomic mass is 9.95. The van der Waals surface area contributed by atoms with Crippen LogP contribution < -0.4 is 5.32 Å². The molecule has 1 aromatic heterocycles. The van der Waals surface area contributed by atoms with Crippen LogP contribution in [0.15, 0.2) is 36.5 Å². The Balaban J connectivity index is 1.84. The molecule has 3 rings (SSSR count). The van der Waals surface area contributed by atoms with Gasteiger partial charge in [0, 0.05) is 17.9 Å². The van der Waals surface area contributed by atoms with Gasteiger partial charge in [-0.05, 0) is 31.9 Å². The maximum absolute atomic E-state index is 4.63. The van der Waals surface area contributed by atoms with Gasteiger partial charge in [0.15, 0.2) is 0 Å². The zero-order valence-corrected chi connectivity index (χ0v) is 11.5. The number of nitrogens with one attached hydrogen (secondary N) is 1. The molecule has 0 atom stereocenters. The lowest BCUT2D eigenvalue weighted by molar-refractivity contribution is 0.356. The van der Waals surface area contributed by atoms with E-state index in [-0.39, 0.29) is 0 Å². The van der Waals surface area contributed by atoms with E-state index < -0.39 is 0 Å². The van der Waals surface area contributed by atoms with Gasteiger partial charge in [0.25, 0.3) is 0 Å². The topological polar surface area (TPSA) is 29.9 Å². The van der Waals surface area contributed by atoms with Crippen molar-refractivity contribution in [3.05, 3.63) is 42.2 Å². The van der Waals surface area contributed by atoms with Gasteiger partial charge in [0.05, 0.1) is 5.69 Å². The Morgan fingerprint density at radius 3 is 2.58 bits per heavy atom. The van der Waals surface area contributed by atoms with E-state index in [4.69, 9.17) is 0 Å². The van der Waals surface area contributed by atoms with Crippen molar-refractivity contribution in [3.63, 3.8) is 0 Å². The number of benzene rings is 1. The predicted octanol–water partition coefficient (Wildman–Crippen LogP) is 4.44. The Kier molecular flexibility index (Phi) is 3.53. The normalized spacial score (nSPS) is 16.5. The van der Waals surface area contributed by atoms with Gasteiger partial charge in [-0.15, -0.1) is 0 Å². The van der Waals surface area contributed by atoms with Crippen molar-refractivity contribution in [2.45, 2.75) is 45.1 Å². The van der Waals surface area contributed by atoms with Crippen molar-refractivity contribution in [3.8, 4) is 0 Å². The number of anilines is 2. The maximum Gasteiger partial charge on any atom is 0.207 e. The molecular weight excluding hydrogens is 234 g/mol. The molecule has 2 aromatic rings. The molecule has 0 spiro atoms. The highest BCUT2D eigenvalue weighted by Gasteiger charge is 2.18. The molecule has 3 heteroatoms. The molecule has 1 saturated carbocycles. The quantitative estimate of drug-likeness (QED) is 0.878. The third-order valence-corrected chi connectivity index (χ3v) is 3.85. The highest BCUT2D eigenvalue weighted by atomic mass is 15.2. The highest BCUT2D eigenvalue weighted by molar-refractivity contribution is 5.53. The molecule has 1 N–H and O–H groups in total. The number of aryl methyl sites for hydroxylation is 1. The van der Waals surface area contributed by atoms with E-state index in [1.54, 1.807) is 0 Å². The predicted molar refractivity (Wildman–Crippen MR) is 78.8 cm³/mol. The third-order valence-electron chi connectivity index (χ3n) is 3.85. The van der Waals surface area contributed by atoms with Crippen molar-refractivity contribution < 1.29 is 0 Å². The average Bonchev–Trinajstić information content (AvgIpc) is 2.82. The molecule has 0 radical (unpaired) electrons. The van der Waals surface area contributed by atoms with Crippen LogP contribution in [-0.2, 0) is 0 Å². The molecule has 0 bridgehead atoms. The number of hydrogen-bond acceptors (Lipinski definition) is 2. The van der Waals surface area contributed by atoms with Gasteiger partial charge in [0.1, 0.15) is 0 Å². The van der Waals surface area contributed by atoms with Crippen LogP contribution in [0.2, 0.25) is 0 Å². The second-order valence-corrected chi connectivity index (χ2v) is 5.40. The zero-order chi connectivity index (χ0) is 13.1. The van der Waals surface area contributed by atoms with Gasteiger partial charge >= 0.3 is 0 Å². The zero-order valence-electron chi connectivity index (χ0n) is 11.5. The first-order valence-electron chi connectivity index (χ1n) is 7.20. The van der Waals surface area contributed by atoms with Crippen LogP contribution in [0.25, 0.3) is 0 Å². The standard InChI is InChI=1S/C16H21N3/c1-13-12-19(15-10-6-3-7-11-15)16(17-13)18-14-8-4-2-5-9-14/h2,4-5,8-9,12,15H,3,6-7,10-11H2,1H3,(H,17,18). The molecule has 1 aliphatic carbocycles. The van der Waals surface area contributed by atoms with Crippen LogP contribution in [-0.4, -0.2) is 9.55 Å². The molecule has 0 aliphatic heterocycles. The lowest BCUT2D eigenvalue weighted by Crippen LogP contribution is -2.14. The average molecular weight is 255 g/mol. The number of para-hydroxylation sites is 1. The second kappa shape index (κ2) is 5.47. The number of imidazole rings is 1. The summed E-state index contributed by atoms with van der Waals surface area (Å²) in [5.74, 6) is 0.982. The molecule has 1 aromatic carbocycles. The SMILES string of the molecule is Cc1cn(C2CCCCC2)c(Nc2ccccc2)n1. The third kappa shape index (κ3) is 2.80. The first-order valence-corrected chi connectivity index (χ1v) is 7.20. The van der Waals surface area contributed by atoms with Gasteiger partial charge < -0.3 is 9.88 Å². The van der Waals surface area contributed by atoms with Gasteiger partial charge in [-0.2, -0.15) is 0 Å². The maximum atomic E-state index is 4.63. The fraction of sp³-hybridized carbons (Fsp3) is 0.438. The van der Waals surface area contributed by atoms with Gasteiger partial charge in [-0.3, -0.25) is 0 Å². The summed E-state index contributed by atoms with van der Waals surface area (Å²) in [6.07, 6.45) is 8.80. The summed E-state index contributed by atoms with van der Waals surface area (Å²) in [6.45, 7) is 2.06. The minimum Gasteiger partial charge on any atom is -0.326 e. The van der Waals surface area contributed by atoms with E-state index in [9.17, 15) is 0 Å². The summed E-state index contributed by atoms with van der Waals surface area (Å²) < 4.78 is 2.33. The van der Waals surface area contributed by atoms with E-state index in [0.29, 0.717) is 6.04 Å². The van der Waals surface area contributed by atoms with E-state index in [1.807, 2.05) is 18.2 Å². The van der Waals surface area contributed by atoms with Crippen LogP contribution in [0, 0.1) is 6.92 Å². The molecule has 1 fully saturated rings. The van der Waals surface area contributed by atoms with Crippen LogP contribution in [0.5, 0.6) is 0 Å². The fourth-order valence-corrected chi connectivity index (χ4v) is 2.90. The molecule has 19 heavy (non-hydrogen) atoms. The van der Waals surface area contributed by atoms with Crippen molar-refractivity contribution in [1.29, 1.82) is 0 Å². The number of rotatable bonds is 3. The van der Waals surface area contributed by atoms with E-state index >= 15 is 0 Å². The summed E-state index contributed by atoms with van der Waals surface area (Å²) in [5, 5.41) is 3.44. The summed E-state index contributed by atoms with van der Waals surface area (Å²) in [5.41, 5.74) is 2.19. The second-order valence-electron chi connectivity index (χ2n) is 5.40. The number of aromatic nitrogens is 2. The Labute approximate surface area is 114 Å². The van der Waals surface area contributed by atoms with E-state index in [2.05, 4.69) is 40.1 Å². The fourth-order valence-electron chi connectivity index (χ4n) is 2.90. The summed E-state index contributed by atoms with van der Waals surface area (Å²) >= 11 is 0. The minimum atomic E-state index is 0.612. The Bertz CT molecular complexity index is 524. The molecule has 0 unspecified atom stereocenters. The molecule has 0 saturated heterocycles. The van der Waals surface area contributed by atoms with Crippen molar-refractivity contribution in [2.24, 2.45) is 0 Å². The Hall–Kier alpha value is -1.77. The highest BCUT2D eigenvalue weighted by Crippen LogP contribution is 2.31. The summed E-state index contributed by atoms with van der Waals surface area (Å²) in [7, 11) is 0. The molecule has 0 amide bonds. The van der Waals surface area contributed by atoms with Gasteiger partial charge in [-0.1, -0.05) is 37.5 Å². The van der Waals surface area contributed by atoms with Crippen LogP contribution in [0.1, 0.15) is 43.8 Å². The first kappa shape index (κ1) is 12.3. The van der Waals surface area contributed by atoms with E-state index in [0.717, 1.165) is 17.3 Å². The lowest BCUT2D eigenvalue weighted by Gasteiger charge is -2.24. The monoisotopic (exact) mass is 255 g/mol. The van der Waals surface area contributed by atoms with Gasteiger partial charge in [-0.25, -0.2) is 4.98 Å². The van der Waals surface area contributed by atoms with Crippen molar-refractivity contribution in [1.82, 2.24) is 9.55 Å². The van der Waals surface area contributed by atoms with E-state index in [1.165, 1.54) is 32.1 Å². The summed E-state index contributed by atoms with van der Waals surface area (Å²) in [4.78, 5) is 4.63. The molecule has 1 heterocycles. The largest absolute Gasteiger partial charge is 0.326 e. The first-order chi connectivity index (χ1) is 9.33. The number of hydrogen-bond donors (Lipinski definition) is 1. The Morgan fingerprint density at radius 1 is 1.11 bits per heavy atom. The van der Waals surface area contributed by atoms with Crippen LogP contribution >= 0.6 is 0 Å². The molecule has 3 nitrogen and oxygen atoms in total. The molecule has 1 aliphatic rings. The Morgan fingerprint density at radius 2 is 1.84 bits per heavy atom. The molecule has 100 valence electrons. The smallest absolute Gasteiger partial charge is 0.207 e. The molecular formula is C16H21N3. The van der Waals surface area contributed by atoms with Gasteiger partial charge in [0.2, 0.25) is 5.95 Å².